The summed E-state index contributed by atoms with van der Waals surface area (Å²) in [4.78, 5) is 34.6. The van der Waals surface area contributed by atoms with Crippen LogP contribution in [0.15, 0.2) is 66.7 Å². The lowest BCUT2D eigenvalue weighted by molar-refractivity contribution is -0.143. The SMILES string of the molecule is CCOC(=O)/C=C/C(=O)OCC(=O)Nc1ccccc1-c1ccccc1. The van der Waals surface area contributed by atoms with Crippen LogP contribution in [-0.4, -0.2) is 31.1 Å². The van der Waals surface area contributed by atoms with Gasteiger partial charge in [-0.1, -0.05) is 48.5 Å². The molecule has 6 heteroatoms. The fourth-order valence-electron chi connectivity index (χ4n) is 2.16. The molecule has 0 aliphatic heterocycles. The van der Waals surface area contributed by atoms with Gasteiger partial charge in [-0.05, 0) is 18.6 Å². The summed E-state index contributed by atoms with van der Waals surface area (Å²) in [5, 5.41) is 2.72. The Bertz CT molecular complexity index is 799. The van der Waals surface area contributed by atoms with Gasteiger partial charge < -0.3 is 14.8 Å². The van der Waals surface area contributed by atoms with E-state index >= 15 is 0 Å². The van der Waals surface area contributed by atoms with Crippen LogP contribution in [0, 0.1) is 0 Å². The normalized spacial score (nSPS) is 10.3. The second-order valence-electron chi connectivity index (χ2n) is 5.15. The van der Waals surface area contributed by atoms with Crippen molar-refractivity contribution in [2.45, 2.75) is 6.92 Å². The van der Waals surface area contributed by atoms with E-state index in [4.69, 9.17) is 4.74 Å². The van der Waals surface area contributed by atoms with E-state index in [0.717, 1.165) is 23.3 Å². The summed E-state index contributed by atoms with van der Waals surface area (Å²) in [7, 11) is 0. The molecule has 2 aromatic carbocycles. The van der Waals surface area contributed by atoms with Crippen molar-refractivity contribution < 1.29 is 23.9 Å². The summed E-state index contributed by atoms with van der Waals surface area (Å²) in [6, 6.07) is 16.9. The maximum Gasteiger partial charge on any atom is 0.331 e. The summed E-state index contributed by atoms with van der Waals surface area (Å²) in [6.07, 6.45) is 1.87. The Morgan fingerprint density at radius 2 is 1.50 bits per heavy atom. The molecule has 0 unspecified atom stereocenters. The second kappa shape index (κ2) is 9.78. The van der Waals surface area contributed by atoms with Crippen LogP contribution in [0.5, 0.6) is 0 Å². The molecule has 0 saturated carbocycles. The Kier molecular flexibility index (Phi) is 7.12. The number of anilines is 1. The van der Waals surface area contributed by atoms with E-state index < -0.39 is 24.5 Å². The molecule has 0 fully saturated rings. The molecule has 2 rings (SSSR count). The third kappa shape index (κ3) is 5.90. The molecule has 26 heavy (non-hydrogen) atoms. The maximum absolute atomic E-state index is 12.0. The fourth-order valence-corrected chi connectivity index (χ4v) is 2.16. The van der Waals surface area contributed by atoms with Crippen LogP contribution in [0.2, 0.25) is 0 Å². The average Bonchev–Trinajstić information content (AvgIpc) is 2.66. The highest BCUT2D eigenvalue weighted by Crippen LogP contribution is 2.27. The number of carbonyl (C=O) groups is 3. The van der Waals surface area contributed by atoms with Crippen LogP contribution in [0.4, 0.5) is 5.69 Å². The minimum atomic E-state index is -0.801. The number of amides is 1. The molecular weight excluding hydrogens is 334 g/mol. The molecule has 6 nitrogen and oxygen atoms in total. The highest BCUT2D eigenvalue weighted by molar-refractivity contribution is 5.98. The summed E-state index contributed by atoms with van der Waals surface area (Å²) in [6.45, 7) is 1.40. The van der Waals surface area contributed by atoms with E-state index in [-0.39, 0.29) is 6.61 Å². The number of ether oxygens (including phenoxy) is 2. The van der Waals surface area contributed by atoms with E-state index in [1.54, 1.807) is 19.1 Å². The molecule has 0 spiro atoms. The Hall–Kier alpha value is -3.41. The molecular formula is C20H19NO5. The molecule has 2 aromatic rings. The monoisotopic (exact) mass is 353 g/mol. The first-order chi connectivity index (χ1) is 12.6. The summed E-state index contributed by atoms with van der Waals surface area (Å²) in [5.74, 6) is -1.93. The number of nitrogens with one attached hydrogen (secondary N) is 1. The standard InChI is InChI=1S/C20H19NO5/c1-2-25-19(23)12-13-20(24)26-14-18(22)21-17-11-7-6-10-16(17)15-8-4-3-5-9-15/h3-13H,2,14H2,1H3,(H,21,22)/b13-12+. The largest absolute Gasteiger partial charge is 0.463 e. The first kappa shape index (κ1) is 18.9. The van der Waals surface area contributed by atoms with Crippen molar-refractivity contribution in [2.24, 2.45) is 0 Å². The fraction of sp³-hybridized carbons (Fsp3) is 0.150. The number of rotatable bonds is 7. The summed E-state index contributed by atoms with van der Waals surface area (Å²) in [5.41, 5.74) is 2.43. The molecule has 0 aliphatic carbocycles. The predicted molar refractivity (Wildman–Crippen MR) is 97.2 cm³/mol. The first-order valence-corrected chi connectivity index (χ1v) is 8.06. The molecule has 0 bridgehead atoms. The molecule has 0 aliphatic rings. The minimum absolute atomic E-state index is 0.210. The zero-order valence-corrected chi connectivity index (χ0v) is 14.3. The maximum atomic E-state index is 12.0. The van der Waals surface area contributed by atoms with Gasteiger partial charge in [-0.15, -0.1) is 0 Å². The molecule has 1 N–H and O–H groups in total. The predicted octanol–water partition coefficient (Wildman–Crippen LogP) is 2.95. The molecule has 0 radical (unpaired) electrons. The van der Waals surface area contributed by atoms with Crippen LogP contribution in [0.25, 0.3) is 11.1 Å². The lowest BCUT2D eigenvalue weighted by atomic mass is 10.0. The smallest absolute Gasteiger partial charge is 0.331 e. The first-order valence-electron chi connectivity index (χ1n) is 8.06. The van der Waals surface area contributed by atoms with E-state index in [1.807, 2.05) is 42.5 Å². The quantitative estimate of drug-likeness (QED) is 0.611. The van der Waals surface area contributed by atoms with Crippen molar-refractivity contribution in [2.75, 3.05) is 18.5 Å². The molecule has 0 saturated heterocycles. The number of hydrogen-bond donors (Lipinski definition) is 1. The summed E-state index contributed by atoms with van der Waals surface area (Å²) >= 11 is 0. The van der Waals surface area contributed by atoms with Crippen LogP contribution in [-0.2, 0) is 23.9 Å². The van der Waals surface area contributed by atoms with Crippen LogP contribution in [0.1, 0.15) is 6.92 Å². The number of para-hydroxylation sites is 1. The Morgan fingerprint density at radius 1 is 0.885 bits per heavy atom. The molecule has 1 amide bonds. The second-order valence-corrected chi connectivity index (χ2v) is 5.15. The summed E-state index contributed by atoms with van der Waals surface area (Å²) < 4.78 is 9.44. The Balaban J connectivity index is 1.93. The van der Waals surface area contributed by atoms with Crippen LogP contribution in [0.3, 0.4) is 0 Å². The minimum Gasteiger partial charge on any atom is -0.463 e. The third-order valence-corrected chi connectivity index (χ3v) is 3.27. The zero-order chi connectivity index (χ0) is 18.8. The van der Waals surface area contributed by atoms with Gasteiger partial charge in [0.2, 0.25) is 0 Å². The lowest BCUT2D eigenvalue weighted by Crippen LogP contribution is -2.20. The van der Waals surface area contributed by atoms with E-state index in [9.17, 15) is 14.4 Å². The van der Waals surface area contributed by atoms with Gasteiger partial charge in [-0.2, -0.15) is 0 Å². The molecule has 0 atom stereocenters. The molecule has 0 aromatic heterocycles. The van der Waals surface area contributed by atoms with Crippen molar-refractivity contribution in [3.05, 3.63) is 66.7 Å². The van der Waals surface area contributed by atoms with Gasteiger partial charge in [0.1, 0.15) is 0 Å². The van der Waals surface area contributed by atoms with Crippen molar-refractivity contribution in [1.29, 1.82) is 0 Å². The molecule has 0 heterocycles. The van der Waals surface area contributed by atoms with Gasteiger partial charge in [0.05, 0.1) is 6.61 Å². The van der Waals surface area contributed by atoms with Gasteiger partial charge in [-0.25, -0.2) is 9.59 Å². The highest BCUT2D eigenvalue weighted by atomic mass is 16.5. The molecule has 134 valence electrons. The Morgan fingerprint density at radius 3 is 2.19 bits per heavy atom. The van der Waals surface area contributed by atoms with Crippen LogP contribution >= 0.6 is 0 Å². The zero-order valence-electron chi connectivity index (χ0n) is 14.3. The van der Waals surface area contributed by atoms with Gasteiger partial charge >= 0.3 is 11.9 Å². The number of hydrogen-bond acceptors (Lipinski definition) is 5. The van der Waals surface area contributed by atoms with E-state index in [0.29, 0.717) is 5.69 Å². The van der Waals surface area contributed by atoms with E-state index in [2.05, 4.69) is 10.1 Å². The van der Waals surface area contributed by atoms with Crippen molar-refractivity contribution in [3.8, 4) is 11.1 Å². The topological polar surface area (TPSA) is 81.7 Å². The average molecular weight is 353 g/mol. The lowest BCUT2D eigenvalue weighted by Gasteiger charge is -2.11. The van der Waals surface area contributed by atoms with Crippen molar-refractivity contribution in [1.82, 2.24) is 0 Å². The highest BCUT2D eigenvalue weighted by Gasteiger charge is 2.10. The van der Waals surface area contributed by atoms with Gasteiger partial charge in [-0.3, -0.25) is 4.79 Å². The van der Waals surface area contributed by atoms with Crippen LogP contribution < -0.4 is 5.32 Å². The van der Waals surface area contributed by atoms with Gasteiger partial charge in [0, 0.05) is 23.4 Å². The van der Waals surface area contributed by atoms with Gasteiger partial charge in [0.15, 0.2) is 6.61 Å². The van der Waals surface area contributed by atoms with E-state index in [1.165, 1.54) is 0 Å². The third-order valence-electron chi connectivity index (χ3n) is 3.27. The van der Waals surface area contributed by atoms with Gasteiger partial charge in [0.25, 0.3) is 5.91 Å². The Labute approximate surface area is 151 Å². The van der Waals surface area contributed by atoms with Crippen molar-refractivity contribution in [3.63, 3.8) is 0 Å². The number of esters is 2. The number of carbonyl (C=O) groups excluding carboxylic acids is 3. The number of benzene rings is 2. The van der Waals surface area contributed by atoms with Crippen molar-refractivity contribution >= 4 is 23.5 Å².